The lowest BCUT2D eigenvalue weighted by molar-refractivity contribution is 0.280. The Balaban J connectivity index is 1.69. The lowest BCUT2D eigenvalue weighted by Gasteiger charge is -2.29. The van der Waals surface area contributed by atoms with Crippen molar-refractivity contribution in [2.45, 2.75) is 51.9 Å². The topological polar surface area (TPSA) is 9.23 Å². The number of halogens is 2. The molecule has 3 heteroatoms. The molecule has 1 aromatic rings. The Kier molecular flexibility index (Phi) is 4.19. The molecule has 0 bridgehead atoms. The molecule has 116 valence electrons. The van der Waals surface area contributed by atoms with Crippen LogP contribution in [-0.4, -0.2) is 6.61 Å². The summed E-state index contributed by atoms with van der Waals surface area (Å²) in [4.78, 5) is 0. The number of hydrogen-bond donors (Lipinski definition) is 0. The molecule has 1 aromatic carbocycles. The third kappa shape index (κ3) is 2.93. The predicted octanol–water partition coefficient (Wildman–Crippen LogP) is 5.29. The maximum atomic E-state index is 14.2. The summed E-state index contributed by atoms with van der Waals surface area (Å²) < 4.78 is 33.3. The summed E-state index contributed by atoms with van der Waals surface area (Å²) in [5.74, 6) is 1.25. The molecule has 21 heavy (non-hydrogen) atoms. The van der Waals surface area contributed by atoms with Crippen LogP contribution in [0.1, 0.15) is 57.4 Å². The Morgan fingerprint density at radius 2 is 1.76 bits per heavy atom. The quantitative estimate of drug-likeness (QED) is 0.733. The van der Waals surface area contributed by atoms with Crippen molar-refractivity contribution in [3.63, 3.8) is 0 Å². The van der Waals surface area contributed by atoms with Crippen molar-refractivity contribution >= 4 is 0 Å². The first kappa shape index (κ1) is 14.8. The van der Waals surface area contributed by atoms with E-state index in [1.807, 2.05) is 0 Å². The van der Waals surface area contributed by atoms with E-state index in [9.17, 15) is 8.78 Å². The van der Waals surface area contributed by atoms with Crippen LogP contribution in [-0.2, 0) is 0 Å². The molecule has 0 amide bonds. The van der Waals surface area contributed by atoms with Gasteiger partial charge >= 0.3 is 0 Å². The summed E-state index contributed by atoms with van der Waals surface area (Å²) >= 11 is 0. The molecule has 2 aliphatic carbocycles. The van der Waals surface area contributed by atoms with Gasteiger partial charge in [-0.05, 0) is 74.3 Å². The predicted molar refractivity (Wildman–Crippen MR) is 79.5 cm³/mol. The van der Waals surface area contributed by atoms with E-state index in [-0.39, 0.29) is 11.7 Å². The van der Waals surface area contributed by atoms with E-state index in [0.29, 0.717) is 12.2 Å². The van der Waals surface area contributed by atoms with E-state index in [2.05, 4.69) is 6.92 Å². The van der Waals surface area contributed by atoms with Crippen molar-refractivity contribution in [3.05, 3.63) is 29.3 Å². The normalized spacial score (nSPS) is 32.0. The number of ether oxygens (including phenoxy) is 1. The molecule has 2 unspecified atom stereocenters. The highest BCUT2D eigenvalue weighted by Crippen LogP contribution is 2.51. The summed E-state index contributed by atoms with van der Waals surface area (Å²) in [6, 6.07) is 3.29. The van der Waals surface area contributed by atoms with Crippen LogP contribution in [0.15, 0.2) is 12.1 Å². The third-order valence-corrected chi connectivity index (χ3v) is 5.37. The zero-order valence-electron chi connectivity index (χ0n) is 12.9. The summed E-state index contributed by atoms with van der Waals surface area (Å²) in [6.45, 7) is 4.43. The van der Waals surface area contributed by atoms with Gasteiger partial charge in [0.2, 0.25) is 5.82 Å². The van der Waals surface area contributed by atoms with E-state index in [4.69, 9.17) is 4.74 Å². The Bertz CT molecular complexity index is 506. The van der Waals surface area contributed by atoms with Crippen LogP contribution in [0.5, 0.6) is 5.75 Å². The lowest BCUT2D eigenvalue weighted by Crippen LogP contribution is -2.16. The molecular weight excluding hydrogens is 270 g/mol. The second-order valence-corrected chi connectivity index (χ2v) is 6.70. The molecular formula is C18H24F2O. The summed E-state index contributed by atoms with van der Waals surface area (Å²) in [5.41, 5.74) is 0.540. The van der Waals surface area contributed by atoms with E-state index in [0.717, 1.165) is 43.4 Å². The second kappa shape index (κ2) is 5.94. The summed E-state index contributed by atoms with van der Waals surface area (Å²) in [5, 5.41) is 0. The van der Waals surface area contributed by atoms with Gasteiger partial charge in [-0.3, -0.25) is 0 Å². The van der Waals surface area contributed by atoms with Crippen LogP contribution in [0, 0.1) is 29.4 Å². The smallest absolute Gasteiger partial charge is 0.200 e. The molecule has 0 saturated heterocycles. The van der Waals surface area contributed by atoms with Crippen LogP contribution in [0.25, 0.3) is 0 Å². The largest absolute Gasteiger partial charge is 0.491 e. The zero-order valence-corrected chi connectivity index (χ0v) is 12.9. The fourth-order valence-electron chi connectivity index (χ4n) is 4.00. The van der Waals surface area contributed by atoms with Crippen LogP contribution in [0.4, 0.5) is 8.78 Å². The maximum Gasteiger partial charge on any atom is 0.200 e. The van der Waals surface area contributed by atoms with Crippen LogP contribution in [0.3, 0.4) is 0 Å². The lowest BCUT2D eigenvalue weighted by atomic mass is 9.76. The van der Waals surface area contributed by atoms with Crippen molar-refractivity contribution in [2.75, 3.05) is 6.61 Å². The van der Waals surface area contributed by atoms with E-state index in [1.165, 1.54) is 6.42 Å². The van der Waals surface area contributed by atoms with Crippen molar-refractivity contribution in [2.24, 2.45) is 17.8 Å². The van der Waals surface area contributed by atoms with Crippen molar-refractivity contribution in [1.29, 1.82) is 0 Å². The van der Waals surface area contributed by atoms with Gasteiger partial charge in [-0.15, -0.1) is 0 Å². The third-order valence-electron chi connectivity index (χ3n) is 5.37. The van der Waals surface area contributed by atoms with Crippen molar-refractivity contribution in [1.82, 2.24) is 0 Å². The highest BCUT2D eigenvalue weighted by molar-refractivity contribution is 5.33. The fourth-order valence-corrected chi connectivity index (χ4v) is 4.00. The van der Waals surface area contributed by atoms with Crippen molar-refractivity contribution < 1.29 is 13.5 Å². The molecule has 2 fully saturated rings. The van der Waals surface area contributed by atoms with Crippen molar-refractivity contribution in [3.8, 4) is 5.75 Å². The number of rotatable bonds is 4. The monoisotopic (exact) mass is 294 g/mol. The number of hydrogen-bond acceptors (Lipinski definition) is 1. The van der Waals surface area contributed by atoms with Gasteiger partial charge in [-0.25, -0.2) is 4.39 Å². The average molecular weight is 294 g/mol. The minimum atomic E-state index is -0.827. The maximum absolute atomic E-state index is 14.2. The Morgan fingerprint density at radius 3 is 2.33 bits per heavy atom. The first-order valence-corrected chi connectivity index (χ1v) is 8.22. The zero-order chi connectivity index (χ0) is 15.0. The first-order valence-electron chi connectivity index (χ1n) is 8.22. The molecule has 2 atom stereocenters. The van der Waals surface area contributed by atoms with E-state index in [1.54, 1.807) is 19.1 Å². The molecule has 0 spiro atoms. The minimum Gasteiger partial charge on any atom is -0.491 e. The van der Waals surface area contributed by atoms with Gasteiger partial charge in [0.1, 0.15) is 0 Å². The molecule has 0 heterocycles. The molecule has 1 nitrogen and oxygen atoms in total. The molecule has 2 aliphatic rings. The highest BCUT2D eigenvalue weighted by Gasteiger charge is 2.41. The molecule has 3 rings (SSSR count). The second-order valence-electron chi connectivity index (χ2n) is 6.70. The fraction of sp³-hybridized carbons (Fsp3) is 0.667. The van der Waals surface area contributed by atoms with Gasteiger partial charge in [0, 0.05) is 0 Å². The minimum absolute atomic E-state index is 0.0271. The average Bonchev–Trinajstić information content (AvgIpc) is 3.22. The van der Waals surface area contributed by atoms with Gasteiger partial charge in [-0.2, -0.15) is 4.39 Å². The van der Waals surface area contributed by atoms with Gasteiger partial charge < -0.3 is 4.74 Å². The first-order chi connectivity index (χ1) is 10.1. The number of benzene rings is 1. The SMILES string of the molecule is CCOc1ccc(C2CCC(C3CC3C)CC2)c(F)c1F. The molecule has 2 saturated carbocycles. The van der Waals surface area contributed by atoms with Gasteiger partial charge in [0.25, 0.3) is 0 Å². The molecule has 0 N–H and O–H groups in total. The Labute approximate surface area is 125 Å². The van der Waals surface area contributed by atoms with E-state index < -0.39 is 11.6 Å². The molecule has 0 radical (unpaired) electrons. The molecule has 0 aromatic heterocycles. The van der Waals surface area contributed by atoms with E-state index >= 15 is 0 Å². The van der Waals surface area contributed by atoms with Gasteiger partial charge in [0.05, 0.1) is 6.61 Å². The van der Waals surface area contributed by atoms with Gasteiger partial charge in [-0.1, -0.05) is 13.0 Å². The standard InChI is InChI=1S/C18H24F2O/c1-3-21-16-9-8-14(17(19)18(16)20)12-4-6-13(7-5-12)15-10-11(15)2/h8-9,11-13,15H,3-7,10H2,1-2H3. The molecule has 0 aliphatic heterocycles. The van der Waals surface area contributed by atoms with Crippen LogP contribution >= 0.6 is 0 Å². The van der Waals surface area contributed by atoms with Crippen LogP contribution < -0.4 is 4.74 Å². The van der Waals surface area contributed by atoms with Gasteiger partial charge in [0.15, 0.2) is 11.6 Å². The summed E-state index contributed by atoms with van der Waals surface area (Å²) in [6.07, 6.45) is 5.65. The Morgan fingerprint density at radius 1 is 1.10 bits per heavy atom. The summed E-state index contributed by atoms with van der Waals surface area (Å²) in [7, 11) is 0. The van der Waals surface area contributed by atoms with Crippen LogP contribution in [0.2, 0.25) is 0 Å². The Hall–Kier alpha value is -1.12. The highest BCUT2D eigenvalue weighted by atomic mass is 19.2.